The zero-order valence-electron chi connectivity index (χ0n) is 11.2. The number of fused-ring (bicyclic) bond motifs is 1. The van der Waals surface area contributed by atoms with Gasteiger partial charge in [-0.15, -0.1) is 0 Å². The molecule has 6 heteroatoms. The number of hydrogen-bond acceptors (Lipinski definition) is 4. The van der Waals surface area contributed by atoms with Crippen LogP contribution in [-0.2, 0) is 9.59 Å². The lowest BCUT2D eigenvalue weighted by atomic mass is 10.2. The normalized spacial score (nSPS) is 17.9. The number of nitrogens with two attached hydrogens (primary N) is 1. The van der Waals surface area contributed by atoms with Gasteiger partial charge in [0.15, 0.2) is 12.4 Å². The van der Waals surface area contributed by atoms with Gasteiger partial charge >= 0.3 is 0 Å². The van der Waals surface area contributed by atoms with E-state index in [-0.39, 0.29) is 25.0 Å². The first-order chi connectivity index (χ1) is 9.66. The molecule has 0 spiro atoms. The number of amides is 2. The molecule has 2 aliphatic rings. The SMILES string of the molecule is Nc1cccc2c1OCC(=O)N2CC(=O)N1CCCC1. The number of likely N-dealkylation sites (tertiary alicyclic amines) is 1. The van der Waals surface area contributed by atoms with Gasteiger partial charge in [-0.05, 0) is 25.0 Å². The molecule has 1 aromatic carbocycles. The van der Waals surface area contributed by atoms with Gasteiger partial charge in [-0.1, -0.05) is 6.07 Å². The molecule has 2 aliphatic heterocycles. The van der Waals surface area contributed by atoms with E-state index in [1.165, 1.54) is 4.90 Å². The van der Waals surface area contributed by atoms with E-state index in [0.717, 1.165) is 25.9 Å². The van der Waals surface area contributed by atoms with Crippen molar-refractivity contribution < 1.29 is 14.3 Å². The molecule has 1 aromatic rings. The minimum Gasteiger partial charge on any atom is -0.479 e. The van der Waals surface area contributed by atoms with Gasteiger partial charge in [0.05, 0.1) is 11.4 Å². The van der Waals surface area contributed by atoms with Crippen molar-refractivity contribution in [2.75, 3.05) is 36.9 Å². The number of carbonyl (C=O) groups is 2. The van der Waals surface area contributed by atoms with Crippen molar-refractivity contribution in [1.82, 2.24) is 4.90 Å². The summed E-state index contributed by atoms with van der Waals surface area (Å²) in [6.07, 6.45) is 2.07. The predicted octanol–water partition coefficient (Wildman–Crippen LogP) is 0.617. The van der Waals surface area contributed by atoms with Crippen molar-refractivity contribution in [3.63, 3.8) is 0 Å². The van der Waals surface area contributed by atoms with Crippen molar-refractivity contribution in [3.05, 3.63) is 18.2 Å². The zero-order chi connectivity index (χ0) is 14.1. The molecule has 0 aromatic heterocycles. The molecule has 0 atom stereocenters. The van der Waals surface area contributed by atoms with Crippen molar-refractivity contribution >= 4 is 23.2 Å². The number of hydrogen-bond donors (Lipinski definition) is 1. The summed E-state index contributed by atoms with van der Waals surface area (Å²) >= 11 is 0. The monoisotopic (exact) mass is 275 g/mol. The fourth-order valence-corrected chi connectivity index (χ4v) is 2.63. The summed E-state index contributed by atoms with van der Waals surface area (Å²) in [7, 11) is 0. The molecule has 0 aliphatic carbocycles. The minimum absolute atomic E-state index is 0.0221. The molecule has 20 heavy (non-hydrogen) atoms. The third-order valence-electron chi connectivity index (χ3n) is 3.71. The summed E-state index contributed by atoms with van der Waals surface area (Å²) in [6, 6.07) is 5.22. The highest BCUT2D eigenvalue weighted by Gasteiger charge is 2.30. The Morgan fingerprint density at radius 2 is 2.05 bits per heavy atom. The predicted molar refractivity (Wildman–Crippen MR) is 74.5 cm³/mol. The highest BCUT2D eigenvalue weighted by Crippen LogP contribution is 2.36. The Kier molecular flexibility index (Phi) is 3.22. The minimum atomic E-state index is -0.212. The molecule has 3 rings (SSSR count). The number of anilines is 2. The molecule has 2 heterocycles. The Hall–Kier alpha value is -2.24. The van der Waals surface area contributed by atoms with E-state index in [1.54, 1.807) is 23.1 Å². The first kappa shape index (κ1) is 12.8. The zero-order valence-corrected chi connectivity index (χ0v) is 11.2. The van der Waals surface area contributed by atoms with E-state index in [1.807, 2.05) is 0 Å². The van der Waals surface area contributed by atoms with Gasteiger partial charge in [-0.3, -0.25) is 14.5 Å². The molecule has 1 saturated heterocycles. The molecule has 0 radical (unpaired) electrons. The summed E-state index contributed by atoms with van der Waals surface area (Å²) in [5.74, 6) is 0.253. The van der Waals surface area contributed by atoms with Crippen molar-refractivity contribution in [2.24, 2.45) is 0 Å². The van der Waals surface area contributed by atoms with Crippen LogP contribution in [0, 0.1) is 0 Å². The number of nitrogens with zero attached hydrogens (tertiary/aromatic N) is 2. The van der Waals surface area contributed by atoms with Crippen molar-refractivity contribution in [3.8, 4) is 5.75 Å². The van der Waals surface area contributed by atoms with Crippen LogP contribution >= 0.6 is 0 Å². The Morgan fingerprint density at radius 3 is 2.80 bits per heavy atom. The van der Waals surface area contributed by atoms with Gasteiger partial charge in [0.2, 0.25) is 5.91 Å². The van der Waals surface area contributed by atoms with E-state index in [2.05, 4.69) is 0 Å². The summed E-state index contributed by atoms with van der Waals surface area (Å²) in [6.45, 7) is 1.54. The quantitative estimate of drug-likeness (QED) is 0.803. The molecule has 2 N–H and O–H groups in total. The maximum Gasteiger partial charge on any atom is 0.265 e. The number of nitrogen functional groups attached to an aromatic ring is 1. The first-order valence-corrected chi connectivity index (χ1v) is 6.76. The third-order valence-corrected chi connectivity index (χ3v) is 3.71. The maximum atomic E-state index is 12.2. The van der Waals surface area contributed by atoms with Crippen LogP contribution in [0.2, 0.25) is 0 Å². The van der Waals surface area contributed by atoms with Crippen LogP contribution in [0.1, 0.15) is 12.8 Å². The van der Waals surface area contributed by atoms with Crippen LogP contribution in [0.15, 0.2) is 18.2 Å². The Balaban J connectivity index is 1.84. The lowest BCUT2D eigenvalue weighted by Crippen LogP contribution is -2.45. The largest absolute Gasteiger partial charge is 0.479 e. The van der Waals surface area contributed by atoms with Crippen LogP contribution in [0.4, 0.5) is 11.4 Å². The standard InChI is InChI=1S/C14H17N3O3/c15-10-4-3-5-11-14(10)20-9-13(19)17(11)8-12(18)16-6-1-2-7-16/h3-5H,1-2,6-9,15H2. The summed E-state index contributed by atoms with van der Waals surface area (Å²) < 4.78 is 5.36. The van der Waals surface area contributed by atoms with E-state index in [4.69, 9.17) is 10.5 Å². The molecular weight excluding hydrogens is 258 g/mol. The Bertz CT molecular complexity index is 553. The fraction of sp³-hybridized carbons (Fsp3) is 0.429. The second-order valence-electron chi connectivity index (χ2n) is 5.05. The lowest BCUT2D eigenvalue weighted by Gasteiger charge is -2.30. The second kappa shape index (κ2) is 5.03. The number of benzene rings is 1. The topological polar surface area (TPSA) is 75.9 Å². The first-order valence-electron chi connectivity index (χ1n) is 6.76. The summed E-state index contributed by atoms with van der Waals surface area (Å²) in [5, 5.41) is 0. The molecule has 1 fully saturated rings. The van der Waals surface area contributed by atoms with Crippen molar-refractivity contribution in [2.45, 2.75) is 12.8 Å². The maximum absolute atomic E-state index is 12.2. The molecule has 0 saturated carbocycles. The summed E-state index contributed by atoms with van der Waals surface area (Å²) in [5.41, 5.74) is 6.90. The van der Waals surface area contributed by atoms with Gasteiger partial charge < -0.3 is 15.4 Å². The van der Waals surface area contributed by atoms with Crippen molar-refractivity contribution in [1.29, 1.82) is 0 Å². The molecule has 0 bridgehead atoms. The second-order valence-corrected chi connectivity index (χ2v) is 5.05. The van der Waals surface area contributed by atoms with Crippen LogP contribution < -0.4 is 15.4 Å². The number of carbonyl (C=O) groups excluding carboxylic acids is 2. The number of para-hydroxylation sites is 1. The van der Waals surface area contributed by atoms with Crippen LogP contribution in [0.25, 0.3) is 0 Å². The molecule has 2 amide bonds. The molecule has 0 unspecified atom stereocenters. The van der Waals surface area contributed by atoms with Crippen LogP contribution in [0.3, 0.4) is 0 Å². The van der Waals surface area contributed by atoms with Crippen LogP contribution in [0.5, 0.6) is 5.75 Å². The smallest absolute Gasteiger partial charge is 0.265 e. The molecular formula is C14H17N3O3. The molecule has 6 nitrogen and oxygen atoms in total. The number of rotatable bonds is 2. The van der Waals surface area contributed by atoms with E-state index in [9.17, 15) is 9.59 Å². The van der Waals surface area contributed by atoms with E-state index >= 15 is 0 Å². The summed E-state index contributed by atoms with van der Waals surface area (Å²) in [4.78, 5) is 27.5. The van der Waals surface area contributed by atoms with E-state index in [0.29, 0.717) is 17.1 Å². The van der Waals surface area contributed by atoms with Crippen LogP contribution in [-0.4, -0.2) is 43.0 Å². The highest BCUT2D eigenvalue weighted by atomic mass is 16.5. The van der Waals surface area contributed by atoms with Gasteiger partial charge in [0.1, 0.15) is 6.54 Å². The van der Waals surface area contributed by atoms with Gasteiger partial charge in [-0.2, -0.15) is 0 Å². The average molecular weight is 275 g/mol. The number of ether oxygens (including phenoxy) is 1. The van der Waals surface area contributed by atoms with Gasteiger partial charge in [0, 0.05) is 13.1 Å². The Labute approximate surface area is 117 Å². The van der Waals surface area contributed by atoms with Gasteiger partial charge in [0.25, 0.3) is 5.91 Å². The highest BCUT2D eigenvalue weighted by molar-refractivity contribution is 6.03. The van der Waals surface area contributed by atoms with E-state index < -0.39 is 0 Å². The van der Waals surface area contributed by atoms with Gasteiger partial charge in [-0.25, -0.2) is 0 Å². The Morgan fingerprint density at radius 1 is 1.30 bits per heavy atom. The average Bonchev–Trinajstić information content (AvgIpc) is 2.96. The third kappa shape index (κ3) is 2.17. The molecule has 106 valence electrons. The fourth-order valence-electron chi connectivity index (χ4n) is 2.63. The lowest BCUT2D eigenvalue weighted by molar-refractivity contribution is -0.131.